The van der Waals surface area contributed by atoms with E-state index >= 15 is 0 Å². The van der Waals surface area contributed by atoms with Crippen LogP contribution < -0.4 is 11.2 Å². The number of nitrogens with zero attached hydrogens (tertiary/aromatic N) is 2. The van der Waals surface area contributed by atoms with Gasteiger partial charge in [0.25, 0.3) is 0 Å². The third kappa shape index (κ3) is 2.36. The molecule has 0 aliphatic carbocycles. The van der Waals surface area contributed by atoms with E-state index in [9.17, 15) is 0 Å². The Balaban J connectivity index is 2.24. The normalized spacial score (nSPS) is 20.5. The zero-order chi connectivity index (χ0) is 8.27. The molecular formula is C6H15N5. The van der Waals surface area contributed by atoms with E-state index in [-0.39, 0.29) is 5.96 Å². The molecule has 0 aromatic carbocycles. The van der Waals surface area contributed by atoms with Crippen molar-refractivity contribution in [1.82, 2.24) is 15.3 Å². The SMILES string of the molecule is CCN1CCN(NC(=N)N)C1. The largest absolute Gasteiger partial charge is 0.369 e. The van der Waals surface area contributed by atoms with Gasteiger partial charge < -0.3 is 5.73 Å². The minimum absolute atomic E-state index is 0.0166. The molecule has 64 valence electrons. The number of nitrogens with two attached hydrogens (primary N) is 1. The van der Waals surface area contributed by atoms with E-state index < -0.39 is 0 Å². The lowest BCUT2D eigenvalue weighted by Gasteiger charge is -2.17. The molecule has 11 heavy (non-hydrogen) atoms. The van der Waals surface area contributed by atoms with Gasteiger partial charge >= 0.3 is 0 Å². The van der Waals surface area contributed by atoms with Gasteiger partial charge in [-0.25, -0.2) is 5.01 Å². The lowest BCUT2D eigenvalue weighted by atomic mass is 10.6. The van der Waals surface area contributed by atoms with E-state index in [0.29, 0.717) is 0 Å². The molecule has 5 nitrogen and oxygen atoms in total. The highest BCUT2D eigenvalue weighted by atomic mass is 15.6. The van der Waals surface area contributed by atoms with Crippen LogP contribution in [0.3, 0.4) is 0 Å². The van der Waals surface area contributed by atoms with Crippen molar-refractivity contribution < 1.29 is 0 Å². The third-order valence-corrected chi connectivity index (χ3v) is 1.78. The Kier molecular flexibility index (Phi) is 2.67. The van der Waals surface area contributed by atoms with Crippen LogP contribution in [0.15, 0.2) is 0 Å². The van der Waals surface area contributed by atoms with Crippen molar-refractivity contribution in [2.45, 2.75) is 6.92 Å². The van der Waals surface area contributed by atoms with Crippen molar-refractivity contribution in [2.75, 3.05) is 26.3 Å². The molecular weight excluding hydrogens is 142 g/mol. The molecule has 0 radical (unpaired) electrons. The first kappa shape index (κ1) is 8.29. The minimum atomic E-state index is 0.0166. The van der Waals surface area contributed by atoms with E-state index in [1.54, 1.807) is 0 Å². The fraction of sp³-hybridized carbons (Fsp3) is 0.833. The highest BCUT2D eigenvalue weighted by Crippen LogP contribution is 1.99. The first-order valence-corrected chi connectivity index (χ1v) is 3.80. The number of hydrogen-bond donors (Lipinski definition) is 3. The molecule has 0 aromatic rings. The molecule has 0 atom stereocenters. The topological polar surface area (TPSA) is 68.4 Å². The number of nitrogens with one attached hydrogen (secondary N) is 2. The van der Waals surface area contributed by atoms with E-state index in [2.05, 4.69) is 17.2 Å². The van der Waals surface area contributed by atoms with Crippen LogP contribution in [0.1, 0.15) is 6.92 Å². The van der Waals surface area contributed by atoms with Gasteiger partial charge in [-0.15, -0.1) is 0 Å². The Labute approximate surface area is 66.6 Å². The minimum Gasteiger partial charge on any atom is -0.369 e. The van der Waals surface area contributed by atoms with Gasteiger partial charge in [0, 0.05) is 13.1 Å². The zero-order valence-electron chi connectivity index (χ0n) is 6.80. The summed E-state index contributed by atoms with van der Waals surface area (Å²) in [5, 5.41) is 8.92. The monoisotopic (exact) mass is 157 g/mol. The van der Waals surface area contributed by atoms with Crippen LogP contribution >= 0.6 is 0 Å². The quantitative estimate of drug-likeness (QED) is 0.354. The van der Waals surface area contributed by atoms with Gasteiger partial charge in [-0.05, 0) is 6.54 Å². The molecule has 4 N–H and O–H groups in total. The van der Waals surface area contributed by atoms with Crippen molar-refractivity contribution in [3.63, 3.8) is 0 Å². The summed E-state index contributed by atoms with van der Waals surface area (Å²) in [6, 6.07) is 0. The lowest BCUT2D eigenvalue weighted by molar-refractivity contribution is 0.225. The molecule has 0 saturated carbocycles. The summed E-state index contributed by atoms with van der Waals surface area (Å²) in [5.41, 5.74) is 7.93. The van der Waals surface area contributed by atoms with Gasteiger partial charge in [-0.3, -0.25) is 15.7 Å². The Morgan fingerprint density at radius 3 is 2.82 bits per heavy atom. The number of hydrazine groups is 1. The van der Waals surface area contributed by atoms with Gasteiger partial charge in [-0.2, -0.15) is 0 Å². The van der Waals surface area contributed by atoms with Crippen molar-refractivity contribution in [3.05, 3.63) is 0 Å². The average molecular weight is 157 g/mol. The molecule has 1 saturated heterocycles. The first-order valence-electron chi connectivity index (χ1n) is 3.80. The fourth-order valence-electron chi connectivity index (χ4n) is 1.16. The molecule has 5 heteroatoms. The van der Waals surface area contributed by atoms with Gasteiger partial charge in [0.15, 0.2) is 0 Å². The highest BCUT2D eigenvalue weighted by Gasteiger charge is 2.17. The van der Waals surface area contributed by atoms with E-state index in [1.165, 1.54) is 0 Å². The van der Waals surface area contributed by atoms with Gasteiger partial charge in [0.2, 0.25) is 5.96 Å². The molecule has 0 aromatic heterocycles. The van der Waals surface area contributed by atoms with E-state index in [1.807, 2.05) is 5.01 Å². The van der Waals surface area contributed by atoms with Crippen molar-refractivity contribution in [2.24, 2.45) is 5.73 Å². The smallest absolute Gasteiger partial charge is 0.200 e. The van der Waals surface area contributed by atoms with Crippen molar-refractivity contribution in [1.29, 1.82) is 5.41 Å². The maximum absolute atomic E-state index is 6.99. The van der Waals surface area contributed by atoms with E-state index in [0.717, 1.165) is 26.3 Å². The Bertz CT molecular complexity index is 146. The summed E-state index contributed by atoms with van der Waals surface area (Å²) < 4.78 is 0. The molecule has 0 amide bonds. The van der Waals surface area contributed by atoms with E-state index in [4.69, 9.17) is 11.1 Å². The molecule has 0 unspecified atom stereocenters. The Morgan fingerprint density at radius 1 is 1.64 bits per heavy atom. The van der Waals surface area contributed by atoms with Crippen LogP contribution in [0.25, 0.3) is 0 Å². The second kappa shape index (κ2) is 3.54. The molecule has 1 rings (SSSR count). The molecule has 1 heterocycles. The summed E-state index contributed by atoms with van der Waals surface area (Å²) in [7, 11) is 0. The summed E-state index contributed by atoms with van der Waals surface area (Å²) in [4.78, 5) is 2.27. The standard InChI is InChI=1S/C6H15N5/c1-2-10-3-4-11(5-10)9-6(7)8/h2-5H2,1H3,(H4,7,8,9). The summed E-state index contributed by atoms with van der Waals surface area (Å²) in [6.45, 7) is 6.02. The predicted octanol–water partition coefficient (Wildman–Crippen LogP) is -1.02. The first-order chi connectivity index (χ1) is 5.22. The lowest BCUT2D eigenvalue weighted by Crippen LogP contribution is -2.44. The molecule has 1 aliphatic heterocycles. The van der Waals surface area contributed by atoms with Crippen LogP contribution in [0.2, 0.25) is 0 Å². The highest BCUT2D eigenvalue weighted by molar-refractivity contribution is 5.73. The fourth-order valence-corrected chi connectivity index (χ4v) is 1.16. The van der Waals surface area contributed by atoms with Gasteiger partial charge in [0.05, 0.1) is 6.67 Å². The molecule has 1 aliphatic rings. The molecule has 1 fully saturated rings. The number of hydrogen-bond acceptors (Lipinski definition) is 3. The van der Waals surface area contributed by atoms with Gasteiger partial charge in [0.1, 0.15) is 0 Å². The van der Waals surface area contributed by atoms with Crippen LogP contribution in [0, 0.1) is 5.41 Å². The number of guanidine groups is 1. The second-order valence-electron chi connectivity index (χ2n) is 2.64. The zero-order valence-corrected chi connectivity index (χ0v) is 6.80. The van der Waals surface area contributed by atoms with Crippen molar-refractivity contribution in [3.8, 4) is 0 Å². The maximum atomic E-state index is 6.99. The van der Waals surface area contributed by atoms with Crippen LogP contribution in [-0.2, 0) is 0 Å². The summed E-state index contributed by atoms with van der Waals surface area (Å²) in [6.07, 6.45) is 0. The predicted molar refractivity (Wildman–Crippen MR) is 43.9 cm³/mol. The van der Waals surface area contributed by atoms with Crippen molar-refractivity contribution >= 4 is 5.96 Å². The van der Waals surface area contributed by atoms with Crippen LogP contribution in [-0.4, -0.2) is 42.2 Å². The molecule has 0 spiro atoms. The Hall–Kier alpha value is -0.810. The number of rotatable bonds is 2. The van der Waals surface area contributed by atoms with Crippen LogP contribution in [0.5, 0.6) is 0 Å². The maximum Gasteiger partial charge on any atom is 0.200 e. The Morgan fingerprint density at radius 2 is 2.36 bits per heavy atom. The average Bonchev–Trinajstić information content (AvgIpc) is 2.34. The van der Waals surface area contributed by atoms with Crippen LogP contribution in [0.4, 0.5) is 0 Å². The number of likely N-dealkylation sites (N-methyl/N-ethyl adjacent to an activating group) is 1. The summed E-state index contributed by atoms with van der Waals surface area (Å²) >= 11 is 0. The van der Waals surface area contributed by atoms with Gasteiger partial charge in [-0.1, -0.05) is 6.92 Å². The second-order valence-corrected chi connectivity index (χ2v) is 2.64. The summed E-state index contributed by atoms with van der Waals surface area (Å²) in [5.74, 6) is 0.0166. The molecule has 0 bridgehead atoms. The third-order valence-electron chi connectivity index (χ3n) is 1.78.